The molecule has 0 aliphatic carbocycles. The molecule has 16 heavy (non-hydrogen) atoms. The summed E-state index contributed by atoms with van der Waals surface area (Å²) in [5, 5.41) is 8.89. The first-order valence-corrected chi connectivity index (χ1v) is 6.79. The van der Waals surface area contributed by atoms with Crippen molar-refractivity contribution in [2.24, 2.45) is 0 Å². The average Bonchev–Trinajstić information content (AvgIpc) is 2.03. The van der Waals surface area contributed by atoms with E-state index in [-0.39, 0.29) is 29.6 Å². The Morgan fingerprint density at radius 3 is 1.56 bits per heavy atom. The van der Waals surface area contributed by atoms with Crippen LogP contribution in [0.15, 0.2) is 30.6 Å². The molecule has 0 fully saturated rings. The van der Waals surface area contributed by atoms with E-state index in [1.165, 1.54) is 0 Å². The SMILES string of the molecule is CC(=O)[O-].[Na+].[O]=[Cr](=[O])([O-])[Cl].c1cc[nH+]cc1. The number of aliphatic carboxylic acids is 1. The van der Waals surface area contributed by atoms with Crippen molar-refractivity contribution in [3.63, 3.8) is 0 Å². The molecular weight excluding hydrogens is 289 g/mol. The first-order chi connectivity index (χ1) is 6.73. The number of carboxylic acid groups (broad SMARTS) is 1. The van der Waals surface area contributed by atoms with E-state index in [1.807, 2.05) is 30.6 Å². The molecule has 0 saturated heterocycles. The standard InChI is InChI=1S/C5H5N.C2H4O2.ClH.Cr.Na.3O/c1-2-4-6-5-3-1;1-2(3)4;;;;;;/h1-5H;1H3,(H,3,4);1H;;;;;/q;;;2*+1;;;-1/p-1. The first kappa shape index (κ1) is 21.3. The summed E-state index contributed by atoms with van der Waals surface area (Å²) in [6.45, 7) is 0.972. The van der Waals surface area contributed by atoms with Crippen LogP contribution in [0.3, 0.4) is 0 Å². The summed E-state index contributed by atoms with van der Waals surface area (Å²) >= 11 is -5.03. The van der Waals surface area contributed by atoms with Crippen LogP contribution in [-0.2, 0) is 24.8 Å². The third-order valence-electron chi connectivity index (χ3n) is 0.607. The summed E-state index contributed by atoms with van der Waals surface area (Å²) in [6, 6.07) is 5.86. The van der Waals surface area contributed by atoms with Crippen molar-refractivity contribution in [2.45, 2.75) is 6.92 Å². The molecule has 0 atom stereocenters. The van der Waals surface area contributed by atoms with Crippen LogP contribution >= 0.6 is 10.0 Å². The van der Waals surface area contributed by atoms with Crippen molar-refractivity contribution < 1.29 is 68.6 Å². The number of carbonyl (C=O) groups is 1. The van der Waals surface area contributed by atoms with E-state index in [0.29, 0.717) is 0 Å². The summed E-state index contributed by atoms with van der Waals surface area (Å²) in [4.78, 5) is 11.8. The molecule has 1 N–H and O–H groups in total. The van der Waals surface area contributed by atoms with E-state index in [9.17, 15) is 0 Å². The minimum absolute atomic E-state index is 0. The Morgan fingerprint density at radius 1 is 1.25 bits per heavy atom. The Labute approximate surface area is 121 Å². The van der Waals surface area contributed by atoms with Crippen LogP contribution in [-0.4, -0.2) is 5.97 Å². The maximum atomic E-state index is 8.91. The van der Waals surface area contributed by atoms with Gasteiger partial charge in [-0.3, -0.25) is 0 Å². The van der Waals surface area contributed by atoms with E-state index in [4.69, 9.17) is 21.7 Å². The molecule has 86 valence electrons. The molecule has 0 amide bonds. The third kappa shape index (κ3) is 65.7. The normalized spacial score (nSPS) is 8.19. The zero-order valence-electron chi connectivity index (χ0n) is 8.71. The topological polar surface area (TPSA) is 111 Å². The molecule has 1 heterocycles. The summed E-state index contributed by atoms with van der Waals surface area (Å²) in [7, 11) is 4.02. The molecule has 0 spiro atoms. The van der Waals surface area contributed by atoms with Crippen LogP contribution in [0.1, 0.15) is 6.92 Å². The molecule has 0 bridgehead atoms. The molecule has 0 saturated carbocycles. The van der Waals surface area contributed by atoms with Gasteiger partial charge in [-0.15, -0.1) is 0 Å². The predicted octanol–water partition coefficient (Wildman–Crippen LogP) is -4.48. The van der Waals surface area contributed by atoms with Crippen molar-refractivity contribution in [3.05, 3.63) is 30.6 Å². The van der Waals surface area contributed by atoms with Gasteiger partial charge in [0, 0.05) is 18.1 Å². The van der Waals surface area contributed by atoms with E-state index < -0.39 is 18.3 Å². The van der Waals surface area contributed by atoms with E-state index in [0.717, 1.165) is 6.92 Å². The average molecular weight is 298 g/mol. The van der Waals surface area contributed by atoms with Gasteiger partial charge in [-0.05, 0) is 6.92 Å². The number of rotatable bonds is 0. The fourth-order valence-corrected chi connectivity index (χ4v) is 0.342. The van der Waals surface area contributed by atoms with Crippen molar-refractivity contribution in [1.29, 1.82) is 0 Å². The summed E-state index contributed by atoms with van der Waals surface area (Å²) < 4.78 is 26.7. The first-order valence-electron chi connectivity index (χ1n) is 3.47. The van der Waals surface area contributed by atoms with Crippen LogP contribution in [0.2, 0.25) is 0 Å². The second-order valence-corrected chi connectivity index (χ2v) is 4.75. The van der Waals surface area contributed by atoms with Crippen molar-refractivity contribution >= 4 is 16.0 Å². The van der Waals surface area contributed by atoms with Gasteiger partial charge in [0.25, 0.3) is 0 Å². The maximum Gasteiger partial charge on any atom is 0.166 e. The molecule has 0 unspecified atom stereocenters. The number of halogens is 1. The van der Waals surface area contributed by atoms with Gasteiger partial charge in [-0.25, -0.2) is 4.98 Å². The minimum atomic E-state index is -5.03. The number of H-pyrrole nitrogens is 1. The molecule has 0 radical (unpaired) electrons. The van der Waals surface area contributed by atoms with Gasteiger partial charge >= 0.3 is 63.7 Å². The number of pyridine rings is 1. The number of aromatic nitrogens is 1. The largest absolute Gasteiger partial charge is 0.218 e. The number of aromatic amines is 1. The van der Waals surface area contributed by atoms with E-state index >= 15 is 0 Å². The molecular formula is C7H9ClCrNNaO5. The van der Waals surface area contributed by atoms with E-state index in [1.54, 1.807) is 0 Å². The van der Waals surface area contributed by atoms with Crippen LogP contribution in [0, 0.1) is 0 Å². The predicted molar refractivity (Wildman–Crippen MR) is 40.9 cm³/mol. The van der Waals surface area contributed by atoms with Crippen LogP contribution < -0.4 is 43.8 Å². The van der Waals surface area contributed by atoms with Crippen LogP contribution in [0.4, 0.5) is 0 Å². The number of hydrogen-bond donors (Lipinski definition) is 0. The molecule has 0 aromatic carbocycles. The van der Waals surface area contributed by atoms with Gasteiger partial charge in [-0.1, -0.05) is 6.07 Å². The Balaban J connectivity index is -0.000000158. The molecule has 0 aliphatic heterocycles. The second kappa shape index (κ2) is 13.1. The van der Waals surface area contributed by atoms with Crippen molar-refractivity contribution in [3.8, 4) is 0 Å². The van der Waals surface area contributed by atoms with Crippen LogP contribution in [0.25, 0.3) is 0 Å². The Morgan fingerprint density at radius 2 is 1.50 bits per heavy atom. The van der Waals surface area contributed by atoms with Gasteiger partial charge in [0.05, 0.1) is 0 Å². The number of hydrogen-bond acceptors (Lipinski definition) is 5. The summed E-state index contributed by atoms with van der Waals surface area (Å²) in [5.74, 6) is -1.08. The quantitative estimate of drug-likeness (QED) is 0.448. The number of carbonyl (C=O) groups excluding carboxylic acids is 1. The minimum Gasteiger partial charge on any atom is -0.218 e. The molecule has 0 aliphatic rings. The second-order valence-electron chi connectivity index (χ2n) is 1.96. The summed E-state index contributed by atoms with van der Waals surface area (Å²) in [6.07, 6.45) is 3.75. The summed E-state index contributed by atoms with van der Waals surface area (Å²) in [5.41, 5.74) is 0. The maximum absolute atomic E-state index is 8.91. The number of nitrogens with one attached hydrogen (secondary N) is 1. The van der Waals surface area contributed by atoms with Gasteiger partial charge < -0.3 is 9.90 Å². The van der Waals surface area contributed by atoms with Gasteiger partial charge in [0.1, 0.15) is 0 Å². The molecule has 1 aromatic rings. The smallest absolute Gasteiger partial charge is 0.166 e. The van der Waals surface area contributed by atoms with Gasteiger partial charge in [0.2, 0.25) is 0 Å². The van der Waals surface area contributed by atoms with Gasteiger partial charge in [-0.2, -0.15) is 0 Å². The Kier molecular flexibility index (Phi) is 17.4. The fraction of sp³-hybridized carbons (Fsp3) is 0.143. The Bertz CT molecular complexity index is 320. The van der Waals surface area contributed by atoms with E-state index in [2.05, 4.69) is 15.0 Å². The van der Waals surface area contributed by atoms with Crippen molar-refractivity contribution in [1.82, 2.24) is 0 Å². The molecule has 1 rings (SSSR count). The molecule has 6 nitrogen and oxygen atoms in total. The monoisotopic (exact) mass is 297 g/mol. The fourth-order valence-electron chi connectivity index (χ4n) is 0.342. The van der Waals surface area contributed by atoms with Crippen LogP contribution in [0.5, 0.6) is 0 Å². The molecule has 1 aromatic heterocycles. The third-order valence-corrected chi connectivity index (χ3v) is 0.607. The van der Waals surface area contributed by atoms with Gasteiger partial charge in [0.15, 0.2) is 12.4 Å². The number of carboxylic acids is 1. The zero-order chi connectivity index (χ0) is 12.3. The zero-order valence-corrected chi connectivity index (χ0v) is 12.7. The van der Waals surface area contributed by atoms with Crippen molar-refractivity contribution in [2.75, 3.05) is 0 Å². The molecule has 9 heteroatoms. The Hall–Kier alpha value is 0.00247.